The van der Waals surface area contributed by atoms with E-state index in [2.05, 4.69) is 10.0 Å². The normalized spacial score (nSPS) is 27.8. The van der Waals surface area contributed by atoms with Crippen molar-refractivity contribution in [2.75, 3.05) is 30.9 Å². The third kappa shape index (κ3) is 6.24. The first-order valence-electron chi connectivity index (χ1n) is 5.00. The highest BCUT2D eigenvalue weighted by Crippen LogP contribution is 2.08. The van der Waals surface area contributed by atoms with Gasteiger partial charge in [0.1, 0.15) is 0 Å². The fraction of sp³-hybridized carbons (Fsp3) is 1.00. The van der Waals surface area contributed by atoms with Crippen LogP contribution in [-0.2, 0) is 20.8 Å². The van der Waals surface area contributed by atoms with E-state index in [0.717, 1.165) is 30.6 Å². The molecule has 7 heteroatoms. The molecule has 15 heavy (non-hydrogen) atoms. The Bertz CT molecular complexity index is 306. The molecular formula is C8H18N2O3S2. The van der Waals surface area contributed by atoms with Crippen molar-refractivity contribution in [3.8, 4) is 0 Å². The molecule has 0 bridgehead atoms. The van der Waals surface area contributed by atoms with Crippen LogP contribution in [-0.4, -0.2) is 49.5 Å². The number of hydrogen-bond donors (Lipinski definition) is 2. The second kappa shape index (κ2) is 5.93. The molecule has 0 atom stereocenters. The molecule has 90 valence electrons. The van der Waals surface area contributed by atoms with Crippen molar-refractivity contribution in [3.05, 3.63) is 0 Å². The summed E-state index contributed by atoms with van der Waals surface area (Å²) in [5.74, 6) is 1.52. The van der Waals surface area contributed by atoms with E-state index in [-0.39, 0.29) is 0 Å². The van der Waals surface area contributed by atoms with Gasteiger partial charge in [-0.15, -0.1) is 0 Å². The summed E-state index contributed by atoms with van der Waals surface area (Å²) >= 11 is 0. The van der Waals surface area contributed by atoms with E-state index in [0.29, 0.717) is 19.1 Å². The molecule has 0 amide bonds. The highest BCUT2D eigenvalue weighted by atomic mass is 32.2. The molecule has 5 nitrogen and oxygen atoms in total. The summed E-state index contributed by atoms with van der Waals surface area (Å²) in [6.45, 7) is 1.04. The van der Waals surface area contributed by atoms with Crippen LogP contribution >= 0.6 is 0 Å². The van der Waals surface area contributed by atoms with E-state index < -0.39 is 20.8 Å². The van der Waals surface area contributed by atoms with Gasteiger partial charge in [-0.05, 0) is 12.8 Å². The topological polar surface area (TPSA) is 75.3 Å². The number of hydrogen-bond acceptors (Lipinski definition) is 4. The Balaban J connectivity index is 2.08. The molecule has 1 heterocycles. The van der Waals surface area contributed by atoms with Gasteiger partial charge in [-0.25, -0.2) is 13.1 Å². The van der Waals surface area contributed by atoms with Crippen LogP contribution in [0.25, 0.3) is 0 Å². The van der Waals surface area contributed by atoms with Crippen LogP contribution in [0.2, 0.25) is 0 Å². The molecule has 0 radical (unpaired) electrons. The van der Waals surface area contributed by atoms with Gasteiger partial charge in [0.15, 0.2) is 0 Å². The average Bonchev–Trinajstić information content (AvgIpc) is 2.14. The molecule has 1 aliphatic rings. The molecule has 1 fully saturated rings. The van der Waals surface area contributed by atoms with Gasteiger partial charge in [-0.1, -0.05) is 0 Å². The highest BCUT2D eigenvalue weighted by Gasteiger charge is 2.16. The summed E-state index contributed by atoms with van der Waals surface area (Å²) in [6.07, 6.45) is 2.99. The Labute approximate surface area is 93.5 Å². The largest absolute Gasteiger partial charge is 0.313 e. The van der Waals surface area contributed by atoms with Crippen molar-refractivity contribution in [2.24, 2.45) is 0 Å². The monoisotopic (exact) mass is 254 g/mol. The first-order valence-corrected chi connectivity index (χ1v) is 8.38. The van der Waals surface area contributed by atoms with Crippen molar-refractivity contribution in [2.45, 2.75) is 18.9 Å². The maximum Gasteiger partial charge on any atom is 0.208 e. The number of rotatable bonds is 5. The number of sulfonamides is 1. The van der Waals surface area contributed by atoms with Crippen LogP contribution in [0.1, 0.15) is 12.8 Å². The van der Waals surface area contributed by atoms with Crippen LogP contribution in [0.15, 0.2) is 0 Å². The molecule has 0 unspecified atom stereocenters. The van der Waals surface area contributed by atoms with E-state index in [4.69, 9.17) is 0 Å². The predicted molar refractivity (Wildman–Crippen MR) is 61.7 cm³/mol. The first-order chi connectivity index (χ1) is 6.97. The van der Waals surface area contributed by atoms with Crippen LogP contribution in [0.4, 0.5) is 0 Å². The summed E-state index contributed by atoms with van der Waals surface area (Å²) in [5, 5.41) is 3.25. The predicted octanol–water partition coefficient (Wildman–Crippen LogP) is -0.964. The fourth-order valence-electron chi connectivity index (χ4n) is 1.51. The summed E-state index contributed by atoms with van der Waals surface area (Å²) in [7, 11) is -3.71. The Morgan fingerprint density at radius 2 is 1.87 bits per heavy atom. The number of nitrogens with one attached hydrogen (secondary N) is 2. The summed E-state index contributed by atoms with van der Waals surface area (Å²) in [5.41, 5.74) is 0. The second-order valence-corrected chi connectivity index (χ2v) is 7.27. The van der Waals surface area contributed by atoms with Crippen molar-refractivity contribution in [3.63, 3.8) is 0 Å². The minimum atomic E-state index is -3.07. The van der Waals surface area contributed by atoms with Crippen molar-refractivity contribution in [1.29, 1.82) is 0 Å². The Kier molecular flexibility index (Phi) is 5.17. The third-order valence-corrected chi connectivity index (χ3v) is 4.42. The van der Waals surface area contributed by atoms with Gasteiger partial charge >= 0.3 is 0 Å². The summed E-state index contributed by atoms with van der Waals surface area (Å²) in [6, 6.07) is 0.393. The van der Waals surface area contributed by atoms with Gasteiger partial charge in [0.2, 0.25) is 10.0 Å². The van der Waals surface area contributed by atoms with E-state index >= 15 is 0 Å². The van der Waals surface area contributed by atoms with E-state index in [1.165, 1.54) is 0 Å². The maximum absolute atomic E-state index is 11.1. The van der Waals surface area contributed by atoms with E-state index in [9.17, 15) is 12.6 Å². The van der Waals surface area contributed by atoms with E-state index in [1.54, 1.807) is 0 Å². The lowest BCUT2D eigenvalue weighted by Crippen LogP contribution is -2.40. The summed E-state index contributed by atoms with van der Waals surface area (Å²) < 4.78 is 35.0. The van der Waals surface area contributed by atoms with Crippen molar-refractivity contribution < 1.29 is 12.6 Å². The molecule has 1 saturated heterocycles. The molecule has 0 aromatic carbocycles. The zero-order valence-electron chi connectivity index (χ0n) is 8.86. The van der Waals surface area contributed by atoms with Gasteiger partial charge in [-0.2, -0.15) is 0 Å². The molecular weight excluding hydrogens is 236 g/mol. The lowest BCUT2D eigenvalue weighted by atomic mass is 10.1. The molecule has 2 N–H and O–H groups in total. The van der Waals surface area contributed by atoms with Gasteiger partial charge in [-0.3, -0.25) is 4.21 Å². The molecule has 0 spiro atoms. The van der Waals surface area contributed by atoms with Crippen LogP contribution < -0.4 is 10.0 Å². The molecule has 0 aliphatic carbocycles. The summed E-state index contributed by atoms with van der Waals surface area (Å²) in [4.78, 5) is 0. The zero-order chi connectivity index (χ0) is 11.3. The van der Waals surface area contributed by atoms with Gasteiger partial charge in [0, 0.05) is 41.4 Å². The zero-order valence-corrected chi connectivity index (χ0v) is 10.5. The minimum Gasteiger partial charge on any atom is -0.313 e. The van der Waals surface area contributed by atoms with Crippen LogP contribution in [0.5, 0.6) is 0 Å². The third-order valence-electron chi connectivity index (χ3n) is 2.31. The highest BCUT2D eigenvalue weighted by molar-refractivity contribution is 7.88. The van der Waals surface area contributed by atoms with E-state index in [1.807, 2.05) is 0 Å². The first kappa shape index (κ1) is 13.1. The molecule has 0 saturated carbocycles. The fourth-order valence-corrected chi connectivity index (χ4v) is 3.28. The smallest absolute Gasteiger partial charge is 0.208 e. The lowest BCUT2D eigenvalue weighted by Gasteiger charge is -2.22. The Morgan fingerprint density at radius 1 is 1.27 bits per heavy atom. The second-order valence-electron chi connectivity index (χ2n) is 3.74. The molecule has 0 aromatic rings. The molecule has 1 aliphatic heterocycles. The quantitative estimate of drug-likeness (QED) is 0.620. The Morgan fingerprint density at radius 3 is 2.40 bits per heavy atom. The van der Waals surface area contributed by atoms with Crippen molar-refractivity contribution >= 4 is 20.8 Å². The van der Waals surface area contributed by atoms with Gasteiger partial charge in [0.25, 0.3) is 0 Å². The lowest BCUT2D eigenvalue weighted by molar-refractivity contribution is 0.477. The molecule has 1 rings (SSSR count). The molecule has 0 aromatic heterocycles. The Hall–Kier alpha value is 0.0200. The SMILES string of the molecule is CS(=O)(=O)NCCNC1CCS(=O)CC1. The standard InChI is InChI=1S/C8H18N2O3S2/c1-15(12,13)10-5-4-9-8-2-6-14(11)7-3-8/h8-10H,2-7H2,1H3. The average molecular weight is 254 g/mol. The van der Waals surface area contributed by atoms with Gasteiger partial charge in [0.05, 0.1) is 6.26 Å². The van der Waals surface area contributed by atoms with Crippen molar-refractivity contribution in [1.82, 2.24) is 10.0 Å². The van der Waals surface area contributed by atoms with Crippen LogP contribution in [0.3, 0.4) is 0 Å². The van der Waals surface area contributed by atoms with Gasteiger partial charge < -0.3 is 5.32 Å². The minimum absolute atomic E-state index is 0.393. The van der Waals surface area contributed by atoms with Crippen LogP contribution in [0, 0.1) is 0 Å². The maximum atomic E-state index is 11.1.